The van der Waals surface area contributed by atoms with Gasteiger partial charge in [0.1, 0.15) is 6.54 Å². The molecule has 1 aliphatic heterocycles. The molecular weight excluding hydrogens is 350 g/mol. The summed E-state index contributed by atoms with van der Waals surface area (Å²) in [6, 6.07) is 7.48. The number of amides is 1. The number of fused-ring (bicyclic) bond motifs is 1. The van der Waals surface area contributed by atoms with Gasteiger partial charge in [0.25, 0.3) is 5.91 Å². The number of esters is 2. The molecule has 1 amide bonds. The van der Waals surface area contributed by atoms with Crippen LogP contribution in [0.15, 0.2) is 30.6 Å². The first-order valence-corrected chi connectivity index (χ1v) is 9.08. The normalized spacial score (nSPS) is 14.9. The number of rotatable bonds is 6. The molecular formula is C19H23N3O5. The van der Waals surface area contributed by atoms with Crippen molar-refractivity contribution in [3.63, 3.8) is 0 Å². The van der Waals surface area contributed by atoms with Crippen molar-refractivity contribution in [2.75, 3.05) is 26.3 Å². The Morgan fingerprint density at radius 1 is 1.15 bits per heavy atom. The van der Waals surface area contributed by atoms with Gasteiger partial charge in [-0.3, -0.25) is 14.4 Å². The molecule has 0 atom stereocenters. The monoisotopic (exact) mass is 373 g/mol. The molecule has 8 nitrogen and oxygen atoms in total. The Morgan fingerprint density at radius 3 is 2.63 bits per heavy atom. The van der Waals surface area contributed by atoms with Crippen LogP contribution in [-0.2, 0) is 30.4 Å². The van der Waals surface area contributed by atoms with Crippen LogP contribution >= 0.6 is 0 Å². The van der Waals surface area contributed by atoms with Gasteiger partial charge in [-0.05, 0) is 31.9 Å². The number of imidazole rings is 1. The molecule has 0 spiro atoms. The SMILES string of the molecule is CCOC(=O)C1CCN(C(=O)COC(=O)Cn2cnc3ccccc32)CC1. The van der Waals surface area contributed by atoms with E-state index in [2.05, 4.69) is 4.98 Å². The third-order valence-corrected chi connectivity index (χ3v) is 4.65. The van der Waals surface area contributed by atoms with E-state index >= 15 is 0 Å². The number of para-hydroxylation sites is 2. The van der Waals surface area contributed by atoms with Crippen LogP contribution in [0.3, 0.4) is 0 Å². The van der Waals surface area contributed by atoms with Gasteiger partial charge in [0, 0.05) is 13.1 Å². The highest BCUT2D eigenvalue weighted by molar-refractivity contribution is 5.82. The number of hydrogen-bond donors (Lipinski definition) is 0. The summed E-state index contributed by atoms with van der Waals surface area (Å²) in [5.74, 6) is -1.11. The molecule has 0 saturated carbocycles. The maximum atomic E-state index is 12.2. The first-order chi connectivity index (χ1) is 13.1. The van der Waals surface area contributed by atoms with Gasteiger partial charge in [0.2, 0.25) is 0 Å². The lowest BCUT2D eigenvalue weighted by Crippen LogP contribution is -2.42. The molecule has 8 heteroatoms. The van der Waals surface area contributed by atoms with Crippen LogP contribution in [0, 0.1) is 5.92 Å². The minimum Gasteiger partial charge on any atom is -0.466 e. The van der Waals surface area contributed by atoms with E-state index in [0.717, 1.165) is 11.0 Å². The van der Waals surface area contributed by atoms with E-state index in [1.807, 2.05) is 24.3 Å². The summed E-state index contributed by atoms with van der Waals surface area (Å²) in [5.41, 5.74) is 1.63. The average Bonchev–Trinajstić information content (AvgIpc) is 3.09. The second-order valence-electron chi connectivity index (χ2n) is 6.43. The molecule has 1 aromatic carbocycles. The summed E-state index contributed by atoms with van der Waals surface area (Å²) in [7, 11) is 0. The lowest BCUT2D eigenvalue weighted by Gasteiger charge is -2.30. The summed E-state index contributed by atoms with van der Waals surface area (Å²) >= 11 is 0. The molecule has 144 valence electrons. The van der Waals surface area contributed by atoms with Crippen LogP contribution in [0.2, 0.25) is 0 Å². The molecule has 2 heterocycles. The highest BCUT2D eigenvalue weighted by Gasteiger charge is 2.28. The van der Waals surface area contributed by atoms with Gasteiger partial charge in [0.05, 0.1) is 29.9 Å². The topological polar surface area (TPSA) is 90.7 Å². The average molecular weight is 373 g/mol. The predicted octanol–water partition coefficient (Wildman–Crippen LogP) is 1.38. The maximum absolute atomic E-state index is 12.2. The summed E-state index contributed by atoms with van der Waals surface area (Å²) in [4.78, 5) is 41.9. The van der Waals surface area contributed by atoms with E-state index in [-0.39, 0.29) is 30.9 Å². The molecule has 27 heavy (non-hydrogen) atoms. The van der Waals surface area contributed by atoms with Gasteiger partial charge in [-0.25, -0.2) is 4.98 Å². The number of hydrogen-bond acceptors (Lipinski definition) is 6. The molecule has 0 aliphatic carbocycles. The number of nitrogens with zero attached hydrogens (tertiary/aromatic N) is 3. The molecule has 0 bridgehead atoms. The van der Waals surface area contributed by atoms with Crippen molar-refractivity contribution in [1.29, 1.82) is 0 Å². The third kappa shape index (κ3) is 4.64. The van der Waals surface area contributed by atoms with E-state index in [1.54, 1.807) is 22.7 Å². The fraction of sp³-hybridized carbons (Fsp3) is 0.474. The third-order valence-electron chi connectivity index (χ3n) is 4.65. The number of piperidine rings is 1. The van der Waals surface area contributed by atoms with E-state index < -0.39 is 5.97 Å². The van der Waals surface area contributed by atoms with Crippen molar-refractivity contribution in [3.8, 4) is 0 Å². The van der Waals surface area contributed by atoms with Gasteiger partial charge < -0.3 is 18.9 Å². The highest BCUT2D eigenvalue weighted by Crippen LogP contribution is 2.19. The van der Waals surface area contributed by atoms with Gasteiger partial charge in [0.15, 0.2) is 6.61 Å². The predicted molar refractivity (Wildman–Crippen MR) is 96.6 cm³/mol. The number of carbonyl (C=O) groups is 3. The Hall–Kier alpha value is -2.90. The van der Waals surface area contributed by atoms with Crippen LogP contribution in [0.4, 0.5) is 0 Å². The number of aromatic nitrogens is 2. The zero-order valence-electron chi connectivity index (χ0n) is 15.3. The van der Waals surface area contributed by atoms with Crippen LogP contribution in [0.5, 0.6) is 0 Å². The van der Waals surface area contributed by atoms with Crippen molar-refractivity contribution in [2.24, 2.45) is 5.92 Å². The minimum absolute atomic E-state index is 0.00126. The fourth-order valence-electron chi connectivity index (χ4n) is 3.18. The number of likely N-dealkylation sites (tertiary alicyclic amines) is 1. The van der Waals surface area contributed by atoms with Crippen LogP contribution < -0.4 is 0 Å². The van der Waals surface area contributed by atoms with Crippen molar-refractivity contribution >= 4 is 28.9 Å². The summed E-state index contributed by atoms with van der Waals surface area (Å²) in [5, 5.41) is 0. The quantitative estimate of drug-likeness (QED) is 0.711. The van der Waals surface area contributed by atoms with Gasteiger partial charge in [-0.2, -0.15) is 0 Å². The lowest BCUT2D eigenvalue weighted by molar-refractivity contribution is -0.155. The lowest BCUT2D eigenvalue weighted by atomic mass is 9.97. The molecule has 0 radical (unpaired) electrons. The number of benzene rings is 1. The van der Waals surface area contributed by atoms with Gasteiger partial charge in [-0.15, -0.1) is 0 Å². The molecule has 1 fully saturated rings. The Morgan fingerprint density at radius 2 is 1.89 bits per heavy atom. The number of ether oxygens (including phenoxy) is 2. The largest absolute Gasteiger partial charge is 0.466 e. The molecule has 1 aliphatic rings. The van der Waals surface area contributed by atoms with Crippen molar-refractivity contribution in [2.45, 2.75) is 26.3 Å². The molecule has 3 rings (SSSR count). The summed E-state index contributed by atoms with van der Waals surface area (Å²) in [6.07, 6.45) is 2.72. The Kier molecular flexibility index (Phi) is 6.05. The first-order valence-electron chi connectivity index (χ1n) is 9.08. The Labute approximate surface area is 157 Å². The van der Waals surface area contributed by atoms with E-state index in [4.69, 9.17) is 9.47 Å². The van der Waals surface area contributed by atoms with Crippen molar-refractivity contribution in [1.82, 2.24) is 14.5 Å². The second kappa shape index (κ2) is 8.66. The standard InChI is InChI=1S/C19H23N3O5/c1-2-26-19(25)14-7-9-21(10-8-14)17(23)12-27-18(24)11-22-13-20-15-5-3-4-6-16(15)22/h3-6,13-14H,2,7-12H2,1H3. The van der Waals surface area contributed by atoms with Crippen molar-refractivity contribution < 1.29 is 23.9 Å². The molecule has 1 aromatic heterocycles. The fourth-order valence-corrected chi connectivity index (χ4v) is 3.18. The van der Waals surface area contributed by atoms with E-state index in [1.165, 1.54) is 0 Å². The van der Waals surface area contributed by atoms with E-state index in [9.17, 15) is 14.4 Å². The van der Waals surface area contributed by atoms with Crippen LogP contribution in [0.25, 0.3) is 11.0 Å². The van der Waals surface area contributed by atoms with Crippen LogP contribution in [0.1, 0.15) is 19.8 Å². The van der Waals surface area contributed by atoms with Crippen LogP contribution in [-0.4, -0.2) is 58.6 Å². The molecule has 0 unspecified atom stereocenters. The van der Waals surface area contributed by atoms with Gasteiger partial charge >= 0.3 is 11.9 Å². The summed E-state index contributed by atoms with van der Waals surface area (Å²) in [6.45, 7) is 2.77. The molecule has 2 aromatic rings. The maximum Gasteiger partial charge on any atom is 0.326 e. The second-order valence-corrected chi connectivity index (χ2v) is 6.43. The zero-order valence-corrected chi connectivity index (χ0v) is 15.3. The smallest absolute Gasteiger partial charge is 0.326 e. The Balaban J connectivity index is 1.44. The number of carbonyl (C=O) groups excluding carboxylic acids is 3. The zero-order chi connectivity index (χ0) is 19.2. The van der Waals surface area contributed by atoms with Crippen molar-refractivity contribution in [3.05, 3.63) is 30.6 Å². The van der Waals surface area contributed by atoms with E-state index in [0.29, 0.717) is 32.5 Å². The molecule has 1 saturated heterocycles. The summed E-state index contributed by atoms with van der Waals surface area (Å²) < 4.78 is 11.8. The highest BCUT2D eigenvalue weighted by atomic mass is 16.5. The molecule has 0 N–H and O–H groups in total. The Bertz CT molecular complexity index is 824. The van der Waals surface area contributed by atoms with Gasteiger partial charge in [-0.1, -0.05) is 12.1 Å². The first kappa shape index (κ1) is 18.9. The minimum atomic E-state index is -0.493.